The van der Waals surface area contributed by atoms with Crippen LogP contribution in [0.5, 0.6) is 0 Å². The third-order valence-electron chi connectivity index (χ3n) is 5.47. The minimum Gasteiger partial charge on any atom is -0.391 e. The number of fused-ring (bicyclic) bond motifs is 1. The minimum absolute atomic E-state index is 0.0739. The van der Waals surface area contributed by atoms with Gasteiger partial charge in [0, 0.05) is 24.3 Å². The van der Waals surface area contributed by atoms with E-state index >= 15 is 0 Å². The van der Waals surface area contributed by atoms with Gasteiger partial charge in [0.25, 0.3) is 0 Å². The number of hydrogen-bond acceptors (Lipinski definition) is 5. The molecule has 1 aliphatic carbocycles. The number of benzene rings is 1. The Kier molecular flexibility index (Phi) is 4.90. The molecule has 0 spiro atoms. The van der Waals surface area contributed by atoms with Crippen LogP contribution >= 0.6 is 11.6 Å². The predicted octanol–water partition coefficient (Wildman–Crippen LogP) is 3.26. The molecule has 3 N–H and O–H groups in total. The third-order valence-corrected chi connectivity index (χ3v) is 5.73. The normalized spacial score (nSPS) is 21.0. The number of amides is 2. The summed E-state index contributed by atoms with van der Waals surface area (Å²) in [6.45, 7) is 0.191. The number of anilines is 2. The number of carbonyl (C=O) groups is 1. The van der Waals surface area contributed by atoms with Crippen molar-refractivity contribution in [2.45, 2.75) is 37.5 Å². The van der Waals surface area contributed by atoms with Gasteiger partial charge in [-0.2, -0.15) is 5.10 Å². The predicted molar refractivity (Wildman–Crippen MR) is 110 cm³/mol. The number of β-amino-alcohol motifs (C(OH)–C–C–N with tert-alkyl or cyclic N) is 1. The Balaban J connectivity index is 1.50. The number of halogens is 3. The maximum absolute atomic E-state index is 14.4. The molecule has 2 aliphatic rings. The maximum atomic E-state index is 14.4. The SMILES string of the molecule is O=C(Nc1c(Cl)nn2ccc(N3C[C@@H](O)C[C@@H]3c3cc(F)ccc3F)nc12)NC1CC1. The van der Waals surface area contributed by atoms with Crippen molar-refractivity contribution >= 4 is 34.8 Å². The van der Waals surface area contributed by atoms with Crippen molar-refractivity contribution in [1.82, 2.24) is 19.9 Å². The zero-order valence-corrected chi connectivity index (χ0v) is 17.0. The molecule has 8 nitrogen and oxygen atoms in total. The maximum Gasteiger partial charge on any atom is 0.319 e. The van der Waals surface area contributed by atoms with E-state index in [4.69, 9.17) is 11.6 Å². The molecule has 2 amide bonds. The van der Waals surface area contributed by atoms with E-state index in [-0.39, 0.29) is 35.4 Å². The van der Waals surface area contributed by atoms with Crippen LogP contribution in [0.3, 0.4) is 0 Å². The minimum atomic E-state index is -0.735. The molecule has 2 fully saturated rings. The van der Waals surface area contributed by atoms with E-state index in [0.29, 0.717) is 11.5 Å². The van der Waals surface area contributed by atoms with E-state index in [2.05, 4.69) is 20.7 Å². The Bertz CT molecular complexity index is 1170. The number of rotatable bonds is 4. The highest BCUT2D eigenvalue weighted by atomic mass is 35.5. The van der Waals surface area contributed by atoms with Crippen molar-refractivity contribution < 1.29 is 18.7 Å². The van der Waals surface area contributed by atoms with Gasteiger partial charge in [-0.3, -0.25) is 0 Å². The number of aliphatic hydroxyl groups is 1. The van der Waals surface area contributed by atoms with Gasteiger partial charge in [-0.1, -0.05) is 11.6 Å². The third kappa shape index (κ3) is 3.88. The van der Waals surface area contributed by atoms with Gasteiger partial charge in [0.15, 0.2) is 10.8 Å². The first-order valence-corrected chi connectivity index (χ1v) is 10.3. The highest BCUT2D eigenvalue weighted by Gasteiger charge is 2.35. The number of aromatic nitrogens is 3. The van der Waals surface area contributed by atoms with Crippen molar-refractivity contribution in [3.8, 4) is 0 Å². The summed E-state index contributed by atoms with van der Waals surface area (Å²) in [4.78, 5) is 18.4. The summed E-state index contributed by atoms with van der Waals surface area (Å²) in [6, 6.07) is 4.06. The first-order valence-electron chi connectivity index (χ1n) is 9.91. The highest BCUT2D eigenvalue weighted by molar-refractivity contribution is 6.33. The molecule has 0 bridgehead atoms. The average molecular weight is 449 g/mol. The second kappa shape index (κ2) is 7.61. The standard InChI is InChI=1S/C20H19ClF2N6O2/c21-18-17(26-20(31)24-11-2-3-11)19-25-16(5-6-29(19)27-18)28-9-12(30)8-15(28)13-7-10(22)1-4-14(13)23/h1,4-7,11-12,15,30H,2-3,8-9H2,(H2,24,26,31)/t12-,15+/m0/s1. The summed E-state index contributed by atoms with van der Waals surface area (Å²) in [6.07, 6.45) is 2.97. The van der Waals surface area contributed by atoms with Crippen LogP contribution in [0, 0.1) is 11.6 Å². The molecule has 1 saturated carbocycles. The number of nitrogens with zero attached hydrogens (tertiary/aromatic N) is 4. The van der Waals surface area contributed by atoms with Gasteiger partial charge < -0.3 is 20.6 Å². The zero-order chi connectivity index (χ0) is 21.7. The lowest BCUT2D eigenvalue weighted by Gasteiger charge is -2.26. The van der Waals surface area contributed by atoms with E-state index in [1.165, 1.54) is 4.52 Å². The summed E-state index contributed by atoms with van der Waals surface area (Å²) in [5, 5.41) is 20.0. The number of aliphatic hydroxyl groups excluding tert-OH is 1. The van der Waals surface area contributed by atoms with Crippen LogP contribution in [0.2, 0.25) is 5.15 Å². The van der Waals surface area contributed by atoms with Crippen LogP contribution in [0.15, 0.2) is 30.5 Å². The molecular formula is C20H19ClF2N6O2. The Morgan fingerprint density at radius 2 is 2.06 bits per heavy atom. The van der Waals surface area contributed by atoms with Gasteiger partial charge in [-0.15, -0.1) is 0 Å². The summed E-state index contributed by atoms with van der Waals surface area (Å²) < 4.78 is 29.6. The first kappa shape index (κ1) is 20.0. The summed E-state index contributed by atoms with van der Waals surface area (Å²) in [7, 11) is 0. The molecule has 2 aromatic heterocycles. The van der Waals surface area contributed by atoms with Crippen molar-refractivity contribution in [1.29, 1.82) is 0 Å². The van der Waals surface area contributed by atoms with Crippen LogP contribution in [0.4, 0.5) is 25.1 Å². The fourth-order valence-corrected chi connectivity index (χ4v) is 4.07. The smallest absolute Gasteiger partial charge is 0.319 e. The van der Waals surface area contributed by atoms with Crippen LogP contribution < -0.4 is 15.5 Å². The lowest BCUT2D eigenvalue weighted by molar-refractivity contribution is 0.194. The monoisotopic (exact) mass is 448 g/mol. The van der Waals surface area contributed by atoms with Crippen LogP contribution in [-0.2, 0) is 0 Å². The largest absolute Gasteiger partial charge is 0.391 e. The molecule has 11 heteroatoms. The summed E-state index contributed by atoms with van der Waals surface area (Å²) in [5.41, 5.74) is 0.690. The van der Waals surface area contributed by atoms with Crippen molar-refractivity contribution in [3.63, 3.8) is 0 Å². The molecule has 3 heterocycles. The van der Waals surface area contributed by atoms with Gasteiger partial charge in [0.2, 0.25) is 0 Å². The summed E-state index contributed by atoms with van der Waals surface area (Å²) in [5.74, 6) is -0.699. The Morgan fingerprint density at radius 3 is 2.84 bits per heavy atom. The molecule has 5 rings (SSSR count). The van der Waals surface area contributed by atoms with Gasteiger partial charge in [0.1, 0.15) is 23.1 Å². The second-order valence-corrected chi connectivity index (χ2v) is 8.17. The van der Waals surface area contributed by atoms with Gasteiger partial charge >= 0.3 is 6.03 Å². The van der Waals surface area contributed by atoms with E-state index in [9.17, 15) is 18.7 Å². The molecule has 0 unspecified atom stereocenters. The molecule has 31 heavy (non-hydrogen) atoms. The molecule has 1 aromatic carbocycles. The Morgan fingerprint density at radius 1 is 1.26 bits per heavy atom. The lowest BCUT2D eigenvalue weighted by Crippen LogP contribution is -2.30. The molecule has 3 aromatic rings. The van der Waals surface area contributed by atoms with Gasteiger partial charge in [-0.25, -0.2) is 23.1 Å². The quantitative estimate of drug-likeness (QED) is 0.569. The molecular weight excluding hydrogens is 430 g/mol. The molecule has 0 radical (unpaired) electrons. The Hall–Kier alpha value is -2.98. The number of carbonyl (C=O) groups excluding carboxylic acids is 1. The number of hydrogen-bond donors (Lipinski definition) is 3. The average Bonchev–Trinajstić information content (AvgIpc) is 3.38. The fraction of sp³-hybridized carbons (Fsp3) is 0.350. The number of urea groups is 1. The molecule has 1 aliphatic heterocycles. The second-order valence-electron chi connectivity index (χ2n) is 7.82. The van der Waals surface area contributed by atoms with Gasteiger partial charge in [-0.05, 0) is 43.5 Å². The zero-order valence-electron chi connectivity index (χ0n) is 16.2. The van der Waals surface area contributed by atoms with Crippen molar-refractivity contribution in [2.24, 2.45) is 0 Å². The number of nitrogens with one attached hydrogen (secondary N) is 2. The lowest BCUT2D eigenvalue weighted by atomic mass is 10.0. The molecule has 2 atom stereocenters. The molecule has 1 saturated heterocycles. The van der Waals surface area contributed by atoms with E-state index in [1.54, 1.807) is 17.2 Å². The van der Waals surface area contributed by atoms with Crippen molar-refractivity contribution in [2.75, 3.05) is 16.8 Å². The Labute approximate surface area is 180 Å². The topological polar surface area (TPSA) is 94.8 Å². The van der Waals surface area contributed by atoms with E-state index in [1.807, 2.05) is 0 Å². The van der Waals surface area contributed by atoms with Gasteiger partial charge in [0.05, 0.1) is 12.1 Å². The first-order chi connectivity index (χ1) is 14.9. The van der Waals surface area contributed by atoms with Crippen molar-refractivity contribution in [3.05, 3.63) is 52.8 Å². The fourth-order valence-electron chi connectivity index (χ4n) is 3.85. The van der Waals surface area contributed by atoms with E-state index < -0.39 is 29.8 Å². The van der Waals surface area contributed by atoms with Crippen LogP contribution in [-0.4, -0.2) is 44.4 Å². The van der Waals surface area contributed by atoms with Crippen LogP contribution in [0.25, 0.3) is 5.65 Å². The summed E-state index contributed by atoms with van der Waals surface area (Å²) >= 11 is 6.20. The highest BCUT2D eigenvalue weighted by Crippen LogP contribution is 2.37. The molecule has 162 valence electrons. The van der Waals surface area contributed by atoms with Crippen LogP contribution in [0.1, 0.15) is 30.9 Å². The van der Waals surface area contributed by atoms with E-state index in [0.717, 1.165) is 31.0 Å².